The maximum absolute atomic E-state index is 13.4. The van der Waals surface area contributed by atoms with E-state index >= 15 is 0 Å². The topological polar surface area (TPSA) is 80.8 Å². The van der Waals surface area contributed by atoms with Crippen molar-refractivity contribution in [3.05, 3.63) is 53.8 Å². The lowest BCUT2D eigenvalue weighted by molar-refractivity contribution is 0.152. The normalized spacial score (nSPS) is 17.4. The molecule has 1 unspecified atom stereocenters. The number of ether oxygens (including phenoxy) is 1. The van der Waals surface area contributed by atoms with Crippen molar-refractivity contribution in [3.8, 4) is 5.75 Å². The Morgan fingerprint density at radius 3 is 2.48 bits per heavy atom. The molecule has 1 atom stereocenters. The molecule has 6 nitrogen and oxygen atoms in total. The van der Waals surface area contributed by atoms with E-state index in [1.165, 1.54) is 41.7 Å². The molecular formula is C18H20FNO5S2. The monoisotopic (exact) mass is 413 g/mol. The highest BCUT2D eigenvalue weighted by atomic mass is 32.2. The van der Waals surface area contributed by atoms with Crippen LogP contribution in [-0.2, 0) is 26.3 Å². The quantitative estimate of drug-likeness (QED) is 0.751. The standard InChI is InChI=1S/C18H20FNO5S2/c1-20(26(2,21)22)12-15-8-6-13-7-9-17(11-18(13)25-15)27(23,24)16-5-3-4-14(19)10-16/h3-5,7,9-11,15H,6,8,12H2,1-2H3. The number of benzene rings is 2. The number of aryl methyl sites for hydroxylation is 1. The number of fused-ring (bicyclic) bond motifs is 1. The van der Waals surface area contributed by atoms with Crippen molar-refractivity contribution in [2.24, 2.45) is 0 Å². The zero-order chi connectivity index (χ0) is 19.8. The molecule has 1 aliphatic heterocycles. The summed E-state index contributed by atoms with van der Waals surface area (Å²) in [5.74, 6) is -0.222. The summed E-state index contributed by atoms with van der Waals surface area (Å²) >= 11 is 0. The van der Waals surface area contributed by atoms with Gasteiger partial charge in [0.2, 0.25) is 19.9 Å². The van der Waals surface area contributed by atoms with Gasteiger partial charge in [0.15, 0.2) is 0 Å². The van der Waals surface area contributed by atoms with Crippen LogP contribution in [0.25, 0.3) is 0 Å². The zero-order valence-electron chi connectivity index (χ0n) is 14.9. The lowest BCUT2D eigenvalue weighted by Crippen LogP contribution is -2.38. The second-order valence-corrected chi connectivity index (χ2v) is 10.6. The van der Waals surface area contributed by atoms with Gasteiger partial charge in [-0.05, 0) is 48.7 Å². The molecule has 0 fully saturated rings. The van der Waals surface area contributed by atoms with Crippen LogP contribution in [0.1, 0.15) is 12.0 Å². The molecule has 0 saturated carbocycles. The fourth-order valence-electron chi connectivity index (χ4n) is 2.89. The molecule has 0 radical (unpaired) electrons. The van der Waals surface area contributed by atoms with Gasteiger partial charge in [0, 0.05) is 7.05 Å². The largest absolute Gasteiger partial charge is 0.489 e. The van der Waals surface area contributed by atoms with Gasteiger partial charge in [-0.1, -0.05) is 12.1 Å². The number of nitrogens with zero attached hydrogens (tertiary/aromatic N) is 1. The predicted octanol–water partition coefficient (Wildman–Crippen LogP) is 2.24. The lowest BCUT2D eigenvalue weighted by Gasteiger charge is -2.29. The summed E-state index contributed by atoms with van der Waals surface area (Å²) in [6.45, 7) is 0.180. The summed E-state index contributed by atoms with van der Waals surface area (Å²) in [4.78, 5) is -0.129. The number of hydrogen-bond donors (Lipinski definition) is 0. The van der Waals surface area contributed by atoms with Crippen molar-refractivity contribution in [3.63, 3.8) is 0 Å². The Balaban J connectivity index is 1.88. The first-order valence-electron chi connectivity index (χ1n) is 8.29. The van der Waals surface area contributed by atoms with E-state index in [-0.39, 0.29) is 22.4 Å². The lowest BCUT2D eigenvalue weighted by atomic mass is 10.0. The highest BCUT2D eigenvalue weighted by molar-refractivity contribution is 7.91. The van der Waals surface area contributed by atoms with E-state index in [1.54, 1.807) is 6.07 Å². The van der Waals surface area contributed by atoms with Gasteiger partial charge >= 0.3 is 0 Å². The Morgan fingerprint density at radius 1 is 1.11 bits per heavy atom. The average Bonchev–Trinajstić information content (AvgIpc) is 2.60. The van der Waals surface area contributed by atoms with Crippen LogP contribution < -0.4 is 4.74 Å². The summed E-state index contributed by atoms with van der Waals surface area (Å²) in [7, 11) is -5.74. The van der Waals surface area contributed by atoms with E-state index in [0.29, 0.717) is 18.6 Å². The van der Waals surface area contributed by atoms with Gasteiger partial charge in [-0.15, -0.1) is 0 Å². The van der Waals surface area contributed by atoms with E-state index < -0.39 is 25.7 Å². The number of likely N-dealkylation sites (N-methyl/N-ethyl adjacent to an activating group) is 1. The minimum absolute atomic E-state index is 0.00367. The maximum atomic E-state index is 13.4. The first-order chi connectivity index (χ1) is 12.6. The van der Waals surface area contributed by atoms with Gasteiger partial charge in [0.05, 0.1) is 22.6 Å². The summed E-state index contributed by atoms with van der Waals surface area (Å²) < 4.78 is 69.1. The summed E-state index contributed by atoms with van der Waals surface area (Å²) in [6, 6.07) is 9.40. The van der Waals surface area contributed by atoms with Gasteiger partial charge in [-0.2, -0.15) is 0 Å². The van der Waals surface area contributed by atoms with E-state index in [2.05, 4.69) is 0 Å². The number of sulfone groups is 1. The van der Waals surface area contributed by atoms with Crippen LogP contribution in [0.15, 0.2) is 52.3 Å². The second-order valence-electron chi connectivity index (χ2n) is 6.55. The third-order valence-corrected chi connectivity index (χ3v) is 7.54. The fourth-order valence-corrected chi connectivity index (χ4v) is 4.64. The molecule has 0 saturated heterocycles. The summed E-state index contributed by atoms with van der Waals surface area (Å²) in [6.07, 6.45) is 2.03. The molecule has 0 amide bonds. The molecule has 0 aliphatic carbocycles. The highest BCUT2D eigenvalue weighted by Crippen LogP contribution is 2.32. The van der Waals surface area contributed by atoms with Crippen molar-refractivity contribution >= 4 is 19.9 Å². The Morgan fingerprint density at radius 2 is 1.81 bits per heavy atom. The smallest absolute Gasteiger partial charge is 0.211 e. The van der Waals surface area contributed by atoms with Gasteiger partial charge in [-0.25, -0.2) is 25.5 Å². The van der Waals surface area contributed by atoms with E-state index in [9.17, 15) is 21.2 Å². The fraction of sp³-hybridized carbons (Fsp3) is 0.333. The predicted molar refractivity (Wildman–Crippen MR) is 98.5 cm³/mol. The zero-order valence-corrected chi connectivity index (χ0v) is 16.6. The van der Waals surface area contributed by atoms with Gasteiger partial charge in [0.1, 0.15) is 17.7 Å². The van der Waals surface area contributed by atoms with Gasteiger partial charge < -0.3 is 4.74 Å². The molecule has 27 heavy (non-hydrogen) atoms. The molecule has 9 heteroatoms. The van der Waals surface area contributed by atoms with E-state index in [1.807, 2.05) is 0 Å². The Hall–Kier alpha value is -1.97. The first kappa shape index (κ1) is 19.8. The molecule has 3 rings (SSSR count). The third kappa shape index (κ3) is 4.31. The number of sulfonamides is 1. The highest BCUT2D eigenvalue weighted by Gasteiger charge is 2.26. The molecule has 1 heterocycles. The molecule has 0 bridgehead atoms. The molecule has 0 spiro atoms. The van der Waals surface area contributed by atoms with Crippen LogP contribution in [-0.4, -0.2) is 47.1 Å². The molecule has 0 aromatic heterocycles. The van der Waals surface area contributed by atoms with Crippen LogP contribution in [0.3, 0.4) is 0 Å². The van der Waals surface area contributed by atoms with Gasteiger partial charge in [-0.3, -0.25) is 0 Å². The molecule has 0 N–H and O–H groups in total. The first-order valence-corrected chi connectivity index (χ1v) is 11.6. The van der Waals surface area contributed by atoms with Gasteiger partial charge in [0.25, 0.3) is 0 Å². The maximum Gasteiger partial charge on any atom is 0.211 e. The molecule has 2 aromatic carbocycles. The number of rotatable bonds is 5. The van der Waals surface area contributed by atoms with Crippen LogP contribution >= 0.6 is 0 Å². The Kier molecular flexibility index (Phi) is 5.29. The number of halogens is 1. The third-order valence-electron chi connectivity index (χ3n) is 4.51. The van der Waals surface area contributed by atoms with Crippen molar-refractivity contribution in [2.75, 3.05) is 19.8 Å². The Bertz CT molecular complexity index is 1070. The second kappa shape index (κ2) is 7.21. The minimum atomic E-state index is -3.89. The molecule has 1 aliphatic rings. The van der Waals surface area contributed by atoms with E-state index in [4.69, 9.17) is 4.74 Å². The minimum Gasteiger partial charge on any atom is -0.489 e. The molecular weight excluding hydrogens is 393 g/mol. The number of hydrogen-bond acceptors (Lipinski definition) is 5. The van der Waals surface area contributed by atoms with Crippen LogP contribution in [0.5, 0.6) is 5.75 Å². The van der Waals surface area contributed by atoms with E-state index in [0.717, 1.165) is 17.9 Å². The SMILES string of the molecule is CN(CC1CCc2ccc(S(=O)(=O)c3cccc(F)c3)cc2O1)S(C)(=O)=O. The van der Waals surface area contributed by atoms with Crippen LogP contribution in [0, 0.1) is 5.82 Å². The van der Waals surface area contributed by atoms with Crippen molar-refractivity contribution in [1.82, 2.24) is 4.31 Å². The van der Waals surface area contributed by atoms with Crippen LogP contribution in [0.4, 0.5) is 4.39 Å². The van der Waals surface area contributed by atoms with Crippen LogP contribution in [0.2, 0.25) is 0 Å². The van der Waals surface area contributed by atoms with Crippen molar-refractivity contribution in [2.45, 2.75) is 28.7 Å². The average molecular weight is 413 g/mol. The molecule has 2 aromatic rings. The molecule has 146 valence electrons. The Labute approximate surface area is 158 Å². The van der Waals surface area contributed by atoms with Crippen molar-refractivity contribution < 1.29 is 26.0 Å². The van der Waals surface area contributed by atoms with Crippen molar-refractivity contribution in [1.29, 1.82) is 0 Å². The summed E-state index contributed by atoms with van der Waals surface area (Å²) in [5.41, 5.74) is 0.853. The summed E-state index contributed by atoms with van der Waals surface area (Å²) in [5, 5.41) is 0.